The highest BCUT2D eigenvalue weighted by Gasteiger charge is 2.45. The summed E-state index contributed by atoms with van der Waals surface area (Å²) < 4.78 is 35.8. The van der Waals surface area contributed by atoms with Crippen molar-refractivity contribution in [2.45, 2.75) is 26.1 Å². The zero-order valence-corrected chi connectivity index (χ0v) is 15.2. The molecule has 0 radical (unpaired) electrons. The van der Waals surface area contributed by atoms with Gasteiger partial charge in [-0.05, 0) is 36.8 Å². The van der Waals surface area contributed by atoms with Gasteiger partial charge in [-0.2, -0.15) is 0 Å². The van der Waals surface area contributed by atoms with Crippen molar-refractivity contribution >= 4 is 17.7 Å². The first kappa shape index (κ1) is 19.7. The molecule has 2 heterocycles. The van der Waals surface area contributed by atoms with E-state index in [1.54, 1.807) is 12.1 Å². The Hall–Kier alpha value is -3.10. The number of benzene rings is 1. The van der Waals surface area contributed by atoms with Crippen molar-refractivity contribution in [2.24, 2.45) is 0 Å². The van der Waals surface area contributed by atoms with Gasteiger partial charge in [0.2, 0.25) is 0 Å². The number of amides is 2. The molecular weight excluding hydrogens is 374 g/mol. The van der Waals surface area contributed by atoms with Crippen LogP contribution in [0.15, 0.2) is 47.9 Å². The largest absolute Gasteiger partial charge is 0.586 e. The number of aromatic carboxylic acids is 1. The lowest BCUT2D eigenvalue weighted by atomic mass is 10.2. The molecule has 7 nitrogen and oxygen atoms in total. The Balaban J connectivity index is 1.71. The molecule has 1 aromatic rings. The number of carboxylic acid groups (broad SMARTS) is 1. The minimum atomic E-state index is -3.72. The Kier molecular flexibility index (Phi) is 5.53. The summed E-state index contributed by atoms with van der Waals surface area (Å²) in [5.41, 5.74) is 0.547. The fourth-order valence-electron chi connectivity index (χ4n) is 2.93. The van der Waals surface area contributed by atoms with Crippen LogP contribution >= 0.6 is 0 Å². The van der Waals surface area contributed by atoms with Gasteiger partial charge in [0.1, 0.15) is 0 Å². The topological polar surface area (TPSA) is 79.3 Å². The summed E-state index contributed by atoms with van der Waals surface area (Å²) in [4.78, 5) is 26.6. The third-order valence-corrected chi connectivity index (χ3v) is 4.32. The number of hydrogen-bond acceptors (Lipinski definition) is 4. The average Bonchev–Trinajstić information content (AvgIpc) is 3.16. The van der Waals surface area contributed by atoms with Gasteiger partial charge < -0.3 is 19.5 Å². The molecule has 0 saturated carbocycles. The van der Waals surface area contributed by atoms with Crippen LogP contribution in [0, 0.1) is 0 Å². The van der Waals surface area contributed by atoms with E-state index in [0.29, 0.717) is 25.2 Å². The molecule has 2 fully saturated rings. The normalized spacial score (nSPS) is 21.3. The van der Waals surface area contributed by atoms with Crippen molar-refractivity contribution in [3.8, 4) is 0 Å². The van der Waals surface area contributed by atoms with Crippen LogP contribution in [0.1, 0.15) is 30.1 Å². The number of carbonyl (C=O) groups is 2. The Morgan fingerprint density at radius 1 is 1.25 bits per heavy atom. The minimum absolute atomic E-state index is 0.0375. The van der Waals surface area contributed by atoms with Crippen LogP contribution in [0.2, 0.25) is 0 Å². The van der Waals surface area contributed by atoms with Crippen LogP contribution < -0.4 is 4.90 Å². The van der Waals surface area contributed by atoms with E-state index in [9.17, 15) is 18.4 Å². The molecular formula is C19H20F2N2O5. The molecule has 3 rings (SSSR count). The van der Waals surface area contributed by atoms with Crippen molar-refractivity contribution < 1.29 is 33.0 Å². The van der Waals surface area contributed by atoms with Gasteiger partial charge in [0, 0.05) is 25.3 Å². The van der Waals surface area contributed by atoms with Gasteiger partial charge in [-0.1, -0.05) is 19.4 Å². The zero-order valence-electron chi connectivity index (χ0n) is 15.2. The van der Waals surface area contributed by atoms with E-state index in [-0.39, 0.29) is 29.7 Å². The van der Waals surface area contributed by atoms with Gasteiger partial charge in [-0.15, -0.1) is 8.78 Å². The molecule has 28 heavy (non-hydrogen) atoms. The predicted molar refractivity (Wildman–Crippen MR) is 95.9 cm³/mol. The summed E-state index contributed by atoms with van der Waals surface area (Å²) in [6.45, 7) is 2.69. The summed E-state index contributed by atoms with van der Waals surface area (Å²) in [6, 6.07) is 5.72. The number of nitrogens with zero attached hydrogens (tertiary/aromatic N) is 2. The summed E-state index contributed by atoms with van der Waals surface area (Å²) in [5, 5.41) is 9.09. The van der Waals surface area contributed by atoms with Gasteiger partial charge in [-0.25, -0.2) is 9.59 Å². The predicted octanol–water partition coefficient (Wildman–Crippen LogP) is 3.79. The molecule has 0 atom stereocenters. The highest BCUT2D eigenvalue weighted by Crippen LogP contribution is 2.37. The molecule has 0 aromatic heterocycles. The number of anilines is 1. The van der Waals surface area contributed by atoms with E-state index < -0.39 is 12.3 Å². The third kappa shape index (κ3) is 4.24. The van der Waals surface area contributed by atoms with Crippen molar-refractivity contribution in [1.29, 1.82) is 0 Å². The van der Waals surface area contributed by atoms with Crippen LogP contribution in [0.5, 0.6) is 0 Å². The Labute approximate surface area is 160 Å². The summed E-state index contributed by atoms with van der Waals surface area (Å²) >= 11 is 0. The number of allylic oxidation sites excluding steroid dienone is 1. The van der Waals surface area contributed by atoms with Crippen molar-refractivity contribution in [3.05, 3.63) is 53.5 Å². The zero-order chi connectivity index (χ0) is 20.3. The quantitative estimate of drug-likeness (QED) is 0.794. The first-order chi connectivity index (χ1) is 13.3. The second kappa shape index (κ2) is 7.87. The number of carboxylic acids is 1. The monoisotopic (exact) mass is 394 g/mol. The van der Waals surface area contributed by atoms with Crippen LogP contribution in [-0.2, 0) is 9.47 Å². The minimum Gasteiger partial charge on any atom is -0.478 e. The summed E-state index contributed by atoms with van der Waals surface area (Å²) in [6.07, 6.45) is 0.520. The summed E-state index contributed by atoms with van der Waals surface area (Å²) in [5.74, 6) is -1.22. The standard InChI is InChI=1S/C19H20F2N2O5/c1-2-3-7-15-16(28-19(20,21)27-15)8-9-22-10-11-23(18(22)26)14-6-4-5-13(12-14)17(24)25/h4-8,12H,2-3,9-11H2,1H3,(H,24,25)/b15-7+,16-8+. The Morgan fingerprint density at radius 2 is 1.96 bits per heavy atom. The van der Waals surface area contributed by atoms with Gasteiger partial charge in [0.05, 0.1) is 5.56 Å². The lowest BCUT2D eigenvalue weighted by Gasteiger charge is -2.18. The van der Waals surface area contributed by atoms with E-state index in [1.165, 1.54) is 34.1 Å². The number of urea groups is 1. The van der Waals surface area contributed by atoms with Crippen LogP contribution in [0.4, 0.5) is 19.3 Å². The van der Waals surface area contributed by atoms with Crippen molar-refractivity contribution in [1.82, 2.24) is 4.90 Å². The highest BCUT2D eigenvalue weighted by atomic mass is 19.3. The van der Waals surface area contributed by atoms with Crippen LogP contribution in [-0.4, -0.2) is 47.9 Å². The van der Waals surface area contributed by atoms with Gasteiger partial charge >= 0.3 is 18.3 Å². The molecule has 0 bridgehead atoms. The fourth-order valence-corrected chi connectivity index (χ4v) is 2.93. The van der Waals surface area contributed by atoms with E-state index in [0.717, 1.165) is 6.42 Å². The van der Waals surface area contributed by atoms with E-state index in [2.05, 4.69) is 9.47 Å². The second-order valence-corrected chi connectivity index (χ2v) is 6.33. The lowest BCUT2D eigenvalue weighted by molar-refractivity contribution is -0.326. The number of alkyl halides is 2. The lowest BCUT2D eigenvalue weighted by Crippen LogP contribution is -2.32. The molecule has 1 N–H and O–H groups in total. The molecule has 2 aliphatic rings. The van der Waals surface area contributed by atoms with Crippen LogP contribution in [0.3, 0.4) is 0 Å². The number of rotatable bonds is 6. The molecule has 150 valence electrons. The van der Waals surface area contributed by atoms with E-state index in [1.807, 2.05) is 6.92 Å². The molecule has 0 aliphatic carbocycles. The van der Waals surface area contributed by atoms with Crippen molar-refractivity contribution in [3.63, 3.8) is 0 Å². The van der Waals surface area contributed by atoms with Gasteiger partial charge in [0.25, 0.3) is 0 Å². The SMILES string of the molecule is CCC/C=C1/OC(F)(F)O/C1=C/CN1CCN(c2cccc(C(=O)O)c2)C1=O. The molecule has 1 aromatic carbocycles. The molecule has 0 unspecified atom stereocenters. The maximum atomic E-state index is 13.4. The van der Waals surface area contributed by atoms with E-state index >= 15 is 0 Å². The first-order valence-corrected chi connectivity index (χ1v) is 8.87. The maximum absolute atomic E-state index is 13.4. The number of halogens is 2. The van der Waals surface area contributed by atoms with Gasteiger partial charge in [-0.3, -0.25) is 4.90 Å². The smallest absolute Gasteiger partial charge is 0.478 e. The molecule has 9 heteroatoms. The van der Waals surface area contributed by atoms with Crippen LogP contribution in [0.25, 0.3) is 0 Å². The molecule has 2 amide bonds. The molecule has 2 saturated heterocycles. The molecule has 2 aliphatic heterocycles. The highest BCUT2D eigenvalue weighted by molar-refractivity contribution is 5.96. The van der Waals surface area contributed by atoms with E-state index in [4.69, 9.17) is 5.11 Å². The number of unbranched alkanes of at least 4 members (excludes halogenated alkanes) is 1. The molecule has 0 spiro atoms. The summed E-state index contributed by atoms with van der Waals surface area (Å²) in [7, 11) is 0. The number of hydrogen-bond donors (Lipinski definition) is 1. The third-order valence-electron chi connectivity index (χ3n) is 4.32. The average molecular weight is 394 g/mol. The first-order valence-electron chi connectivity index (χ1n) is 8.87. The Bertz CT molecular complexity index is 837. The maximum Gasteiger partial charge on any atom is 0.586 e. The second-order valence-electron chi connectivity index (χ2n) is 6.33. The van der Waals surface area contributed by atoms with Crippen molar-refractivity contribution in [2.75, 3.05) is 24.5 Å². The number of carbonyl (C=O) groups excluding carboxylic acids is 1. The number of ether oxygens (including phenoxy) is 2. The fraction of sp³-hybridized carbons (Fsp3) is 0.368. The van der Waals surface area contributed by atoms with Gasteiger partial charge in [0.15, 0.2) is 11.5 Å². The Morgan fingerprint density at radius 3 is 2.64 bits per heavy atom.